The lowest BCUT2D eigenvalue weighted by Crippen LogP contribution is -2.76. The monoisotopic (exact) mass is 794 g/mol. The van der Waals surface area contributed by atoms with Crippen LogP contribution in [0.1, 0.15) is 53.4 Å². The Morgan fingerprint density at radius 2 is 1.70 bits per heavy atom. The van der Waals surface area contributed by atoms with Gasteiger partial charge in [-0.25, -0.2) is 24.1 Å². The molecule has 306 valence electrons. The fourth-order valence-corrected chi connectivity index (χ4v) is 13.1. The molecule has 57 heavy (non-hydrogen) atoms. The van der Waals surface area contributed by atoms with Crippen LogP contribution in [0.5, 0.6) is 0 Å². The highest BCUT2D eigenvalue weighted by Gasteiger charge is 2.89. The number of rotatable bonds is 2. The number of aliphatic hydroxyl groups is 3. The molecule has 2 aliphatic heterocycles. The topological polar surface area (TPSA) is 239 Å². The average molecular weight is 795 g/mol. The molecule has 4 N–H and O–H groups in total. The van der Waals surface area contributed by atoms with Gasteiger partial charge in [-0.3, -0.25) is 14.8 Å². The zero-order valence-electron chi connectivity index (χ0n) is 32.2. The standard InChI is InChI=1S/C41H46O16/c1-16-6-7-54-36(49)26(43)8-18(42)13-53-14-20-22-11-27-37(3,24-10-25(24)39(27,50)15-55-33(16)46)28-12-23-19-9-21(19)38(4)32(45)30(44)29(17(2)34(47)52-5)31(41(23,38)57-51)40(22,28)56-35(20)48/h6,12,19,21,24-28,31-32,43,45,50-51H,7-11,13-15H2,1-5H3/b16-6+,29-17+/t19-,21+,24+,25-,26-,27+,28-,31+,32-,37-,38+,39-,40-,41+/m0/s1. The summed E-state index contributed by atoms with van der Waals surface area (Å²) in [6.07, 6.45) is 0.0676. The van der Waals surface area contributed by atoms with E-state index >= 15 is 0 Å². The molecule has 6 fully saturated rings. The number of hydrogen-bond donors (Lipinski definition) is 4. The van der Waals surface area contributed by atoms with Crippen molar-refractivity contribution in [3.63, 3.8) is 0 Å². The first-order chi connectivity index (χ1) is 26.9. The van der Waals surface area contributed by atoms with E-state index in [2.05, 4.69) is 0 Å². The van der Waals surface area contributed by atoms with Crippen LogP contribution >= 0.6 is 0 Å². The van der Waals surface area contributed by atoms with E-state index in [1.54, 1.807) is 6.92 Å². The summed E-state index contributed by atoms with van der Waals surface area (Å²) in [5, 5.41) is 46.5. The van der Waals surface area contributed by atoms with Crippen LogP contribution in [-0.2, 0) is 57.3 Å². The first-order valence-corrected chi connectivity index (χ1v) is 19.4. The molecule has 0 aromatic carbocycles. The van der Waals surface area contributed by atoms with Crippen molar-refractivity contribution in [3.8, 4) is 0 Å². The summed E-state index contributed by atoms with van der Waals surface area (Å²) < 4.78 is 28.3. The lowest BCUT2D eigenvalue weighted by molar-refractivity contribution is -0.375. The van der Waals surface area contributed by atoms with Crippen LogP contribution in [0.4, 0.5) is 0 Å². The number of cyclic esters (lactones) is 2. The van der Waals surface area contributed by atoms with Crippen LogP contribution < -0.4 is 0 Å². The number of aliphatic hydroxyl groups excluding tert-OH is 2. The van der Waals surface area contributed by atoms with Crippen LogP contribution in [0, 0.1) is 52.3 Å². The van der Waals surface area contributed by atoms with E-state index in [9.17, 15) is 49.3 Å². The third-order valence-electron chi connectivity index (χ3n) is 15.8. The summed E-state index contributed by atoms with van der Waals surface area (Å²) in [7, 11) is 1.14. The van der Waals surface area contributed by atoms with Gasteiger partial charge in [0.25, 0.3) is 0 Å². The maximum Gasteiger partial charge on any atom is 0.337 e. The van der Waals surface area contributed by atoms with Crippen molar-refractivity contribution in [2.45, 2.75) is 82.4 Å². The van der Waals surface area contributed by atoms with Crippen molar-refractivity contribution >= 4 is 35.4 Å². The molecule has 16 heteroatoms. The molecule has 0 amide bonds. The Hall–Kier alpha value is -4.06. The Labute approximate surface area is 326 Å². The molecule has 0 saturated heterocycles. The first kappa shape index (κ1) is 38.5. The molecule has 2 bridgehead atoms. The zero-order valence-corrected chi connectivity index (χ0v) is 32.2. The molecular formula is C41H46O16. The largest absolute Gasteiger partial charge is 0.466 e. The van der Waals surface area contributed by atoms with E-state index in [4.69, 9.17) is 28.6 Å². The maximum atomic E-state index is 14.7. The van der Waals surface area contributed by atoms with Gasteiger partial charge in [0.2, 0.25) is 0 Å². The van der Waals surface area contributed by atoms with Gasteiger partial charge in [-0.05, 0) is 79.4 Å². The summed E-state index contributed by atoms with van der Waals surface area (Å²) in [4.78, 5) is 87.0. The highest BCUT2D eigenvalue weighted by atomic mass is 17.1. The molecule has 9 aliphatic rings. The molecule has 0 radical (unpaired) electrons. The van der Waals surface area contributed by atoms with Gasteiger partial charge in [0, 0.05) is 40.4 Å². The van der Waals surface area contributed by atoms with Gasteiger partial charge in [0.05, 0.1) is 25.2 Å². The summed E-state index contributed by atoms with van der Waals surface area (Å²) in [5.74, 6) is -9.11. The van der Waals surface area contributed by atoms with Crippen molar-refractivity contribution in [2.24, 2.45) is 52.3 Å². The SMILES string of the molecule is COC(=O)/C(C)=C1\C(=O)[C@H](O)[C@@]2(C)[C@@H]3C[C@@H]3C3=C[C@@H]4[C@]5(OC(=O)C6=C5C[C@H]5[C@](O)(COC(=O)/C(C)=C/COC(=O)[C@@H](O)CC(=O)COC6)[C@H]6C[C@H]6[C@]45C)[C@@H]1[C@]32OO. The second kappa shape index (κ2) is 12.2. The molecule has 14 atom stereocenters. The Kier molecular flexibility index (Phi) is 8.26. The minimum Gasteiger partial charge on any atom is -0.466 e. The average Bonchev–Trinajstić information content (AvgIpc) is 4.10. The van der Waals surface area contributed by atoms with Crippen LogP contribution in [0.25, 0.3) is 0 Å². The van der Waals surface area contributed by atoms with Crippen LogP contribution in [0.15, 0.2) is 45.6 Å². The Morgan fingerprint density at radius 3 is 2.40 bits per heavy atom. The summed E-state index contributed by atoms with van der Waals surface area (Å²) in [6, 6.07) is 0. The molecule has 7 aliphatic carbocycles. The van der Waals surface area contributed by atoms with Crippen molar-refractivity contribution in [1.29, 1.82) is 0 Å². The van der Waals surface area contributed by atoms with Crippen molar-refractivity contribution in [1.82, 2.24) is 0 Å². The number of ether oxygens (including phenoxy) is 5. The van der Waals surface area contributed by atoms with E-state index in [1.165, 1.54) is 19.9 Å². The minimum atomic E-state index is -1.87. The van der Waals surface area contributed by atoms with E-state index in [0.29, 0.717) is 18.4 Å². The molecule has 1 spiro atoms. The Morgan fingerprint density at radius 1 is 0.965 bits per heavy atom. The summed E-state index contributed by atoms with van der Waals surface area (Å²) in [6.45, 7) is 4.55. The van der Waals surface area contributed by atoms with Gasteiger partial charge in [-0.2, -0.15) is 0 Å². The van der Waals surface area contributed by atoms with Gasteiger partial charge in [0.1, 0.15) is 37.1 Å². The summed E-state index contributed by atoms with van der Waals surface area (Å²) >= 11 is 0. The minimum absolute atomic E-state index is 0.0325. The third-order valence-corrected chi connectivity index (χ3v) is 15.8. The van der Waals surface area contributed by atoms with Gasteiger partial charge < -0.3 is 39.0 Å². The smallest absolute Gasteiger partial charge is 0.337 e. The predicted octanol–water partition coefficient (Wildman–Crippen LogP) is 0.859. The molecule has 0 unspecified atom stereocenters. The van der Waals surface area contributed by atoms with Crippen LogP contribution in [0.2, 0.25) is 0 Å². The molecule has 2 heterocycles. The maximum absolute atomic E-state index is 14.7. The van der Waals surface area contributed by atoms with Gasteiger partial charge in [-0.1, -0.05) is 19.9 Å². The van der Waals surface area contributed by atoms with E-state index in [-0.39, 0.29) is 64.6 Å². The van der Waals surface area contributed by atoms with Gasteiger partial charge >= 0.3 is 23.9 Å². The number of ketones is 2. The highest BCUT2D eigenvalue weighted by Crippen LogP contribution is 2.84. The van der Waals surface area contributed by atoms with Crippen molar-refractivity contribution < 1.29 is 77.9 Å². The first-order valence-electron chi connectivity index (χ1n) is 19.4. The van der Waals surface area contributed by atoms with E-state index < -0.39 is 119 Å². The van der Waals surface area contributed by atoms with Crippen LogP contribution in [0.3, 0.4) is 0 Å². The normalized spacial score (nSPS) is 48.9. The highest BCUT2D eigenvalue weighted by molar-refractivity contribution is 6.09. The number of esters is 4. The second-order valence-corrected chi connectivity index (χ2v) is 17.9. The van der Waals surface area contributed by atoms with E-state index in [1.807, 2.05) is 13.0 Å². The fourth-order valence-electron chi connectivity index (χ4n) is 13.1. The third kappa shape index (κ3) is 4.54. The zero-order chi connectivity index (χ0) is 40.9. The van der Waals surface area contributed by atoms with Gasteiger partial charge in [0.15, 0.2) is 23.3 Å². The Balaban J connectivity index is 1.28. The van der Waals surface area contributed by atoms with Crippen molar-refractivity contribution in [3.05, 3.63) is 45.6 Å². The lowest BCUT2D eigenvalue weighted by Gasteiger charge is -2.66. The van der Waals surface area contributed by atoms with Gasteiger partial charge in [-0.15, -0.1) is 0 Å². The molecule has 16 nitrogen and oxygen atoms in total. The molecule has 0 aromatic rings. The fraction of sp³-hybridized carbons (Fsp3) is 0.659. The molecule has 6 saturated carbocycles. The number of carbonyl (C=O) groups excluding carboxylic acids is 6. The predicted molar refractivity (Wildman–Crippen MR) is 188 cm³/mol. The number of methoxy groups -OCH3 is 1. The lowest BCUT2D eigenvalue weighted by atomic mass is 9.40. The van der Waals surface area contributed by atoms with Crippen LogP contribution in [-0.4, -0.2) is 119 Å². The van der Waals surface area contributed by atoms with E-state index in [0.717, 1.165) is 7.11 Å². The molecule has 9 rings (SSSR count). The summed E-state index contributed by atoms with van der Waals surface area (Å²) in [5.41, 5.74) is -7.15. The number of carbonyl (C=O) groups is 6. The molecule has 0 aromatic heterocycles. The number of hydrogen-bond acceptors (Lipinski definition) is 16. The number of Topliss-reactive ketones (excluding diaryl/α,β-unsaturated/α-hetero) is 2. The number of fused-ring (bicyclic) bond motifs is 7. The quantitative estimate of drug-likeness (QED) is 0.0757. The molecular weight excluding hydrogens is 748 g/mol. The Bertz CT molecular complexity index is 2080. The second-order valence-electron chi connectivity index (χ2n) is 17.9. The van der Waals surface area contributed by atoms with Crippen molar-refractivity contribution in [2.75, 3.05) is 33.5 Å².